The molecule has 74 heavy (non-hydrogen) atoms. The van der Waals surface area contributed by atoms with E-state index in [4.69, 9.17) is 37.9 Å². The molecular formula is C49H86N4O21. The lowest BCUT2D eigenvalue weighted by Gasteiger charge is -2.51. The molecule has 4 heterocycles. The summed E-state index contributed by atoms with van der Waals surface area (Å²) >= 11 is 0. The Morgan fingerprint density at radius 3 is 1.16 bits per heavy atom. The summed E-state index contributed by atoms with van der Waals surface area (Å²) in [6.45, 7) is 2.26. The molecule has 4 amide bonds. The predicted octanol–water partition coefficient (Wildman–Crippen LogP) is -2.50. The Labute approximate surface area is 432 Å². The third-order valence-corrected chi connectivity index (χ3v) is 13.6. The molecule has 4 rings (SSSR count). The van der Waals surface area contributed by atoms with Gasteiger partial charge in [-0.05, 0) is 32.1 Å². The standard InChI is InChI=1S/C49H86N4O21/c1-6-7-8-9-10-11-12-13-14-15-16-17-18-19-20-21-33(61)53-34-39(63)38(62)29(22-54)68-47(34)72-44-31(24-56)70-49(36(41(44)65)51-27(3)59)74-45-32(25-57)71-48(37(42(45)66)52-28(4)60)73-43-30(23-55)69-46(67-5)35(40(43)64)50-26(2)58/h11-12,29-32,34-49,54-57,62-66H,6-10,13-25H2,1-5H3,(H,50,58)(H,51,59)(H,52,60)(H,53,61)/b12-11-/t29?,30?,31?,32?,34?,35?,36?,37?,38?,39-,40?,41?,42-,43+,44+,45?,46+,47?,48?,49-/m1/s1. The highest BCUT2D eigenvalue weighted by Crippen LogP contribution is 2.35. The Morgan fingerprint density at radius 2 is 0.784 bits per heavy atom. The van der Waals surface area contributed by atoms with Crippen molar-refractivity contribution in [1.29, 1.82) is 0 Å². The van der Waals surface area contributed by atoms with E-state index in [1.165, 1.54) is 39.7 Å². The second kappa shape index (κ2) is 32.6. The van der Waals surface area contributed by atoms with E-state index < -0.39 is 173 Å². The zero-order valence-corrected chi connectivity index (χ0v) is 43.4. The van der Waals surface area contributed by atoms with Crippen molar-refractivity contribution in [3.05, 3.63) is 12.2 Å². The molecule has 25 nitrogen and oxygen atoms in total. The molecule has 4 aliphatic rings. The van der Waals surface area contributed by atoms with Crippen LogP contribution in [0.15, 0.2) is 12.2 Å². The number of ether oxygens (including phenoxy) is 8. The van der Waals surface area contributed by atoms with Gasteiger partial charge >= 0.3 is 0 Å². The van der Waals surface area contributed by atoms with Gasteiger partial charge in [-0.15, -0.1) is 0 Å². The third-order valence-electron chi connectivity index (χ3n) is 13.6. The number of allylic oxidation sites excluding steroid dienone is 2. The Kier molecular flexibility index (Phi) is 28.0. The summed E-state index contributed by atoms with van der Waals surface area (Å²) in [6, 6.07) is -5.89. The van der Waals surface area contributed by atoms with Gasteiger partial charge < -0.3 is 105 Å². The first-order valence-corrected chi connectivity index (χ1v) is 26.1. The lowest BCUT2D eigenvalue weighted by atomic mass is 9.93. The lowest BCUT2D eigenvalue weighted by molar-refractivity contribution is -0.362. The summed E-state index contributed by atoms with van der Waals surface area (Å²) in [5, 5.41) is 109. The minimum Gasteiger partial charge on any atom is -0.394 e. The van der Waals surface area contributed by atoms with E-state index in [1.807, 2.05) is 0 Å². The lowest BCUT2D eigenvalue weighted by Crippen LogP contribution is -2.71. The first-order valence-electron chi connectivity index (χ1n) is 26.1. The summed E-state index contributed by atoms with van der Waals surface area (Å²) in [5.74, 6) is -2.52. The number of unbranched alkanes of at least 4 members (excludes halogenated alkanes) is 11. The van der Waals surface area contributed by atoms with Crippen LogP contribution in [-0.2, 0) is 57.1 Å². The predicted molar refractivity (Wildman–Crippen MR) is 259 cm³/mol. The SMILES string of the molecule is CCCCCC/C=C\CCCCCCCCCC(=O)NC1C(O[C@H]2C(CO)O[C@H](OC3C(CO)OC(O[C@H]4C(CO)O[C@H](OC)C(NC(C)=O)C4O)C(NC(C)=O)[C@H]3O)C(NC(C)=O)C2O)OC(CO)C(O)[C@@H]1O. The second-order valence-corrected chi connectivity index (χ2v) is 19.5. The number of aliphatic hydroxyl groups excluding tert-OH is 9. The molecule has 13 N–H and O–H groups in total. The van der Waals surface area contributed by atoms with Crippen molar-refractivity contribution >= 4 is 23.6 Å². The third kappa shape index (κ3) is 18.3. The molecule has 0 spiro atoms. The molecule has 25 heteroatoms. The van der Waals surface area contributed by atoms with Crippen molar-refractivity contribution in [2.45, 2.75) is 240 Å². The fourth-order valence-corrected chi connectivity index (χ4v) is 9.73. The number of hydrogen-bond acceptors (Lipinski definition) is 21. The van der Waals surface area contributed by atoms with Gasteiger partial charge in [0.15, 0.2) is 25.2 Å². The Hall–Kier alpha value is -3.06. The fourth-order valence-electron chi connectivity index (χ4n) is 9.73. The molecule has 0 aromatic heterocycles. The largest absolute Gasteiger partial charge is 0.394 e. The summed E-state index contributed by atoms with van der Waals surface area (Å²) in [4.78, 5) is 50.6. The summed E-state index contributed by atoms with van der Waals surface area (Å²) in [6.07, 6.45) is -7.56. The van der Waals surface area contributed by atoms with Crippen molar-refractivity contribution in [3.63, 3.8) is 0 Å². The molecule has 0 saturated carbocycles. The minimum atomic E-state index is -1.88. The van der Waals surface area contributed by atoms with Crippen LogP contribution in [0.1, 0.15) is 118 Å². The van der Waals surface area contributed by atoms with Crippen LogP contribution in [0.2, 0.25) is 0 Å². The van der Waals surface area contributed by atoms with Crippen molar-refractivity contribution in [2.24, 2.45) is 0 Å². The normalized spacial score (nSPS) is 36.6. The van der Waals surface area contributed by atoms with Crippen LogP contribution in [-0.4, -0.2) is 226 Å². The van der Waals surface area contributed by atoms with Gasteiger partial charge in [-0.3, -0.25) is 19.2 Å². The molecule has 4 saturated heterocycles. The van der Waals surface area contributed by atoms with Gasteiger partial charge in [0.05, 0.1) is 26.4 Å². The Morgan fingerprint density at radius 1 is 0.446 bits per heavy atom. The van der Waals surface area contributed by atoms with Crippen LogP contribution in [0.25, 0.3) is 0 Å². The van der Waals surface area contributed by atoms with Crippen LogP contribution in [0, 0.1) is 0 Å². The van der Waals surface area contributed by atoms with E-state index in [0.29, 0.717) is 6.42 Å². The van der Waals surface area contributed by atoms with E-state index in [9.17, 15) is 65.1 Å². The first kappa shape index (κ1) is 63.5. The van der Waals surface area contributed by atoms with E-state index >= 15 is 0 Å². The van der Waals surface area contributed by atoms with Crippen LogP contribution in [0.3, 0.4) is 0 Å². The highest BCUT2D eigenvalue weighted by molar-refractivity contribution is 5.76. The van der Waals surface area contributed by atoms with Crippen LogP contribution in [0.5, 0.6) is 0 Å². The Balaban J connectivity index is 1.44. The number of amides is 4. The Bertz CT molecular complexity index is 1710. The van der Waals surface area contributed by atoms with Crippen LogP contribution in [0.4, 0.5) is 0 Å². The van der Waals surface area contributed by atoms with Gasteiger partial charge in [-0.2, -0.15) is 0 Å². The maximum atomic E-state index is 13.3. The molecule has 0 bridgehead atoms. The monoisotopic (exact) mass is 1070 g/mol. The smallest absolute Gasteiger partial charge is 0.220 e. The number of carbonyl (C=O) groups excluding carboxylic acids is 4. The molecule has 20 atom stereocenters. The summed E-state index contributed by atoms with van der Waals surface area (Å²) < 4.78 is 47.3. The molecule has 4 aliphatic heterocycles. The van der Waals surface area contributed by atoms with E-state index in [0.717, 1.165) is 65.2 Å². The zero-order valence-electron chi connectivity index (χ0n) is 43.4. The molecule has 428 valence electrons. The quantitative estimate of drug-likeness (QED) is 0.0261. The minimum absolute atomic E-state index is 0.0613. The van der Waals surface area contributed by atoms with E-state index in [-0.39, 0.29) is 6.42 Å². The maximum Gasteiger partial charge on any atom is 0.220 e. The van der Waals surface area contributed by atoms with Gasteiger partial charge in [-0.1, -0.05) is 70.4 Å². The second-order valence-electron chi connectivity index (χ2n) is 19.5. The van der Waals surface area contributed by atoms with Crippen molar-refractivity contribution in [3.8, 4) is 0 Å². The van der Waals surface area contributed by atoms with Crippen molar-refractivity contribution in [2.75, 3.05) is 33.5 Å². The molecule has 0 aromatic carbocycles. The summed E-state index contributed by atoms with van der Waals surface area (Å²) in [5.41, 5.74) is 0. The molecule has 4 fully saturated rings. The van der Waals surface area contributed by atoms with E-state index in [1.54, 1.807) is 0 Å². The number of methoxy groups -OCH3 is 1. The number of hydrogen-bond donors (Lipinski definition) is 13. The fraction of sp³-hybridized carbons (Fsp3) is 0.878. The number of nitrogens with one attached hydrogen (secondary N) is 4. The maximum absolute atomic E-state index is 13.3. The molecule has 0 aromatic rings. The molecule has 0 radical (unpaired) electrons. The zero-order chi connectivity index (χ0) is 54.5. The highest BCUT2D eigenvalue weighted by Gasteiger charge is 2.56. The van der Waals surface area contributed by atoms with Crippen LogP contribution >= 0.6 is 0 Å². The van der Waals surface area contributed by atoms with Crippen LogP contribution < -0.4 is 21.3 Å². The average Bonchev–Trinajstić information content (AvgIpc) is 3.36. The van der Waals surface area contributed by atoms with Gasteiger partial charge in [0.2, 0.25) is 23.6 Å². The van der Waals surface area contributed by atoms with Gasteiger partial charge in [-0.25, -0.2) is 0 Å². The highest BCUT2D eigenvalue weighted by atomic mass is 16.8. The van der Waals surface area contributed by atoms with Crippen molar-refractivity contribution < 1.29 is 103 Å². The van der Waals surface area contributed by atoms with E-state index in [2.05, 4.69) is 40.3 Å². The van der Waals surface area contributed by atoms with Gasteiger partial charge in [0.1, 0.15) is 97.4 Å². The molecular weight excluding hydrogens is 981 g/mol. The van der Waals surface area contributed by atoms with Gasteiger partial charge in [0, 0.05) is 34.3 Å². The number of rotatable bonds is 30. The summed E-state index contributed by atoms with van der Waals surface area (Å²) in [7, 11) is 1.25. The number of carbonyl (C=O) groups is 4. The molecule has 0 aliphatic carbocycles. The average molecular weight is 1070 g/mol. The topological polar surface area (TPSA) is 372 Å². The van der Waals surface area contributed by atoms with Gasteiger partial charge in [0.25, 0.3) is 0 Å². The molecule has 14 unspecified atom stereocenters. The first-order chi connectivity index (χ1) is 35.4. The van der Waals surface area contributed by atoms with Crippen molar-refractivity contribution in [1.82, 2.24) is 21.3 Å². The number of aliphatic hydroxyl groups is 9.